The molecule has 0 bridgehead atoms. The first-order valence-corrected chi connectivity index (χ1v) is 9.04. The number of carbonyl (C=O) groups excluding carboxylic acids is 2. The van der Waals surface area contributed by atoms with Gasteiger partial charge >= 0.3 is 0 Å². The Morgan fingerprint density at radius 3 is 2.61 bits per heavy atom. The summed E-state index contributed by atoms with van der Waals surface area (Å²) in [6.45, 7) is 5.23. The average Bonchev–Trinajstić information content (AvgIpc) is 3.23. The van der Waals surface area contributed by atoms with Gasteiger partial charge in [-0.3, -0.25) is 24.6 Å². The summed E-state index contributed by atoms with van der Waals surface area (Å²) in [5.74, 6) is -0.170. The van der Waals surface area contributed by atoms with Crippen LogP contribution in [0.4, 0.5) is 5.69 Å². The van der Waals surface area contributed by atoms with Crippen molar-refractivity contribution in [2.24, 2.45) is 0 Å². The third-order valence-corrected chi connectivity index (χ3v) is 4.77. The SMILES string of the molecule is Cc1ccc(C(=O)N2CCN(CCNC(=O)c3ccco3)CC2)cc1[N+](=O)[O-]. The minimum atomic E-state index is -0.471. The number of nitro benzene ring substituents is 1. The van der Waals surface area contributed by atoms with Crippen LogP contribution in [0.2, 0.25) is 0 Å². The molecule has 1 aliphatic heterocycles. The maximum atomic E-state index is 12.6. The first kappa shape index (κ1) is 19.6. The first-order chi connectivity index (χ1) is 13.5. The Bertz CT molecular complexity index is 857. The molecule has 1 aromatic heterocycles. The smallest absolute Gasteiger partial charge is 0.287 e. The van der Waals surface area contributed by atoms with Crippen LogP contribution in [0.15, 0.2) is 41.0 Å². The number of benzene rings is 1. The largest absolute Gasteiger partial charge is 0.459 e. The molecule has 2 aromatic rings. The van der Waals surface area contributed by atoms with Gasteiger partial charge < -0.3 is 14.6 Å². The van der Waals surface area contributed by atoms with Crippen molar-refractivity contribution in [1.82, 2.24) is 15.1 Å². The highest BCUT2D eigenvalue weighted by molar-refractivity contribution is 5.95. The molecule has 1 aliphatic rings. The average molecular weight is 386 g/mol. The molecular weight excluding hydrogens is 364 g/mol. The fourth-order valence-electron chi connectivity index (χ4n) is 3.12. The summed E-state index contributed by atoms with van der Waals surface area (Å²) in [7, 11) is 0. The lowest BCUT2D eigenvalue weighted by Crippen LogP contribution is -2.50. The molecule has 148 valence electrons. The summed E-state index contributed by atoms with van der Waals surface area (Å²) >= 11 is 0. The maximum absolute atomic E-state index is 12.6. The molecule has 28 heavy (non-hydrogen) atoms. The number of hydrogen-bond acceptors (Lipinski definition) is 6. The first-order valence-electron chi connectivity index (χ1n) is 9.04. The van der Waals surface area contributed by atoms with Crippen molar-refractivity contribution in [2.45, 2.75) is 6.92 Å². The number of aryl methyl sites for hydroxylation is 1. The number of carbonyl (C=O) groups is 2. The quantitative estimate of drug-likeness (QED) is 0.598. The Morgan fingerprint density at radius 1 is 1.21 bits per heavy atom. The van der Waals surface area contributed by atoms with Gasteiger partial charge in [0.05, 0.1) is 11.2 Å². The number of amides is 2. The fraction of sp³-hybridized carbons (Fsp3) is 0.368. The third-order valence-electron chi connectivity index (χ3n) is 4.77. The number of rotatable bonds is 6. The van der Waals surface area contributed by atoms with Crippen LogP contribution in [-0.4, -0.2) is 65.8 Å². The zero-order valence-corrected chi connectivity index (χ0v) is 15.6. The molecule has 2 heterocycles. The Kier molecular flexibility index (Phi) is 6.05. The lowest BCUT2D eigenvalue weighted by atomic mass is 10.1. The van der Waals surface area contributed by atoms with Gasteiger partial charge in [0.25, 0.3) is 17.5 Å². The van der Waals surface area contributed by atoms with E-state index in [2.05, 4.69) is 10.2 Å². The number of hydrogen-bond donors (Lipinski definition) is 1. The summed E-state index contributed by atoms with van der Waals surface area (Å²) in [6.07, 6.45) is 1.45. The van der Waals surface area contributed by atoms with E-state index in [1.807, 2.05) is 0 Å². The van der Waals surface area contributed by atoms with E-state index < -0.39 is 4.92 Å². The lowest BCUT2D eigenvalue weighted by molar-refractivity contribution is -0.385. The number of nitrogens with one attached hydrogen (secondary N) is 1. The van der Waals surface area contributed by atoms with Gasteiger partial charge in [0.2, 0.25) is 0 Å². The van der Waals surface area contributed by atoms with E-state index in [4.69, 9.17) is 4.42 Å². The molecule has 0 atom stereocenters. The molecule has 1 N–H and O–H groups in total. The maximum Gasteiger partial charge on any atom is 0.287 e. The van der Waals surface area contributed by atoms with Crippen LogP contribution >= 0.6 is 0 Å². The van der Waals surface area contributed by atoms with Crippen molar-refractivity contribution in [3.05, 3.63) is 63.6 Å². The summed E-state index contributed by atoms with van der Waals surface area (Å²) in [6, 6.07) is 7.83. The van der Waals surface area contributed by atoms with Crippen LogP contribution in [0.1, 0.15) is 26.5 Å². The zero-order chi connectivity index (χ0) is 20.1. The van der Waals surface area contributed by atoms with Gasteiger partial charge in [-0.1, -0.05) is 6.07 Å². The number of furan rings is 1. The van der Waals surface area contributed by atoms with Gasteiger partial charge in [0.15, 0.2) is 5.76 Å². The fourth-order valence-corrected chi connectivity index (χ4v) is 3.12. The minimum absolute atomic E-state index is 0.0446. The third kappa shape index (κ3) is 4.55. The molecule has 9 nitrogen and oxygen atoms in total. The number of piperazine rings is 1. The monoisotopic (exact) mass is 386 g/mol. The van der Waals surface area contributed by atoms with E-state index in [0.29, 0.717) is 50.4 Å². The molecule has 1 aromatic carbocycles. The van der Waals surface area contributed by atoms with E-state index in [0.717, 1.165) is 0 Å². The van der Waals surface area contributed by atoms with Crippen molar-refractivity contribution < 1.29 is 18.9 Å². The van der Waals surface area contributed by atoms with Crippen LogP contribution in [-0.2, 0) is 0 Å². The number of nitro groups is 1. The van der Waals surface area contributed by atoms with Crippen LogP contribution < -0.4 is 5.32 Å². The molecule has 0 saturated carbocycles. The Labute approximate surface area is 162 Å². The Hall–Kier alpha value is -3.20. The van der Waals surface area contributed by atoms with E-state index >= 15 is 0 Å². The van der Waals surface area contributed by atoms with Crippen molar-refractivity contribution in [1.29, 1.82) is 0 Å². The summed E-state index contributed by atoms with van der Waals surface area (Å²) in [4.78, 5) is 38.9. The lowest BCUT2D eigenvalue weighted by Gasteiger charge is -2.34. The van der Waals surface area contributed by atoms with E-state index in [1.54, 1.807) is 36.1 Å². The van der Waals surface area contributed by atoms with Gasteiger partial charge in [0, 0.05) is 56.5 Å². The van der Waals surface area contributed by atoms with Crippen LogP contribution in [0.3, 0.4) is 0 Å². The molecule has 0 unspecified atom stereocenters. The standard InChI is InChI=1S/C19H22N4O5/c1-14-4-5-15(13-16(14)23(26)27)19(25)22-10-8-21(9-11-22)7-6-20-18(24)17-3-2-12-28-17/h2-5,12-13H,6-11H2,1H3,(H,20,24). The highest BCUT2D eigenvalue weighted by Crippen LogP contribution is 2.20. The van der Waals surface area contributed by atoms with Crippen molar-refractivity contribution in [3.8, 4) is 0 Å². The minimum Gasteiger partial charge on any atom is -0.459 e. The molecule has 0 aliphatic carbocycles. The van der Waals surface area contributed by atoms with Gasteiger partial charge in [-0.25, -0.2) is 0 Å². The van der Waals surface area contributed by atoms with Crippen molar-refractivity contribution in [2.75, 3.05) is 39.3 Å². The summed E-state index contributed by atoms with van der Waals surface area (Å²) < 4.78 is 5.04. The number of nitrogens with zero attached hydrogens (tertiary/aromatic N) is 3. The Morgan fingerprint density at radius 2 is 1.96 bits per heavy atom. The van der Waals surface area contributed by atoms with Gasteiger partial charge in [-0.2, -0.15) is 0 Å². The van der Waals surface area contributed by atoms with Gasteiger partial charge in [0.1, 0.15) is 0 Å². The van der Waals surface area contributed by atoms with Crippen LogP contribution in [0, 0.1) is 17.0 Å². The molecule has 3 rings (SSSR count). The summed E-state index contributed by atoms with van der Waals surface area (Å²) in [5, 5.41) is 13.9. The van der Waals surface area contributed by atoms with E-state index in [9.17, 15) is 19.7 Å². The molecular formula is C19H22N4O5. The highest BCUT2D eigenvalue weighted by atomic mass is 16.6. The second-order valence-corrected chi connectivity index (χ2v) is 6.63. The van der Waals surface area contributed by atoms with E-state index in [1.165, 1.54) is 12.3 Å². The molecule has 9 heteroatoms. The van der Waals surface area contributed by atoms with Gasteiger partial charge in [-0.05, 0) is 25.1 Å². The van der Waals surface area contributed by atoms with Crippen molar-refractivity contribution in [3.63, 3.8) is 0 Å². The second kappa shape index (κ2) is 8.66. The van der Waals surface area contributed by atoms with Crippen LogP contribution in [0.25, 0.3) is 0 Å². The predicted octanol–water partition coefficient (Wildman–Crippen LogP) is 1.68. The van der Waals surface area contributed by atoms with Crippen molar-refractivity contribution >= 4 is 17.5 Å². The normalized spacial score (nSPS) is 14.7. The second-order valence-electron chi connectivity index (χ2n) is 6.63. The zero-order valence-electron chi connectivity index (χ0n) is 15.6. The highest BCUT2D eigenvalue weighted by Gasteiger charge is 2.24. The molecule has 0 spiro atoms. The molecule has 1 saturated heterocycles. The predicted molar refractivity (Wildman–Crippen MR) is 101 cm³/mol. The topological polar surface area (TPSA) is 109 Å². The summed E-state index contributed by atoms with van der Waals surface area (Å²) in [5.41, 5.74) is 0.816. The molecule has 0 radical (unpaired) electrons. The van der Waals surface area contributed by atoms with E-state index in [-0.39, 0.29) is 23.3 Å². The van der Waals surface area contributed by atoms with Crippen LogP contribution in [0.5, 0.6) is 0 Å². The molecule has 2 amide bonds. The molecule has 1 fully saturated rings. The Balaban J connectivity index is 1.47. The van der Waals surface area contributed by atoms with Gasteiger partial charge in [-0.15, -0.1) is 0 Å².